The van der Waals surface area contributed by atoms with Crippen LogP contribution in [0.4, 0.5) is 10.8 Å². The molecule has 0 saturated carbocycles. The topological polar surface area (TPSA) is 62.3 Å². The summed E-state index contributed by atoms with van der Waals surface area (Å²) in [5.41, 5.74) is 2.69. The molecular formula is C21H19N3O2S2. The Morgan fingerprint density at radius 2 is 1.64 bits per heavy atom. The van der Waals surface area contributed by atoms with Crippen LogP contribution < -0.4 is 5.32 Å². The van der Waals surface area contributed by atoms with Gasteiger partial charge in [0.05, 0.1) is 10.6 Å². The van der Waals surface area contributed by atoms with E-state index in [-0.39, 0.29) is 4.90 Å². The molecule has 1 heterocycles. The lowest BCUT2D eigenvalue weighted by Gasteiger charge is -2.11. The van der Waals surface area contributed by atoms with Gasteiger partial charge in [0.25, 0.3) is 0 Å². The molecular weight excluding hydrogens is 390 g/mol. The van der Waals surface area contributed by atoms with E-state index in [1.54, 1.807) is 24.3 Å². The van der Waals surface area contributed by atoms with E-state index in [4.69, 9.17) is 0 Å². The quantitative estimate of drug-likeness (QED) is 0.506. The highest BCUT2D eigenvalue weighted by Gasteiger charge is 2.17. The molecule has 0 radical (unpaired) electrons. The summed E-state index contributed by atoms with van der Waals surface area (Å²) in [5.74, 6) is 0. The fourth-order valence-corrected chi connectivity index (χ4v) is 4.56. The molecule has 0 aliphatic heterocycles. The molecule has 5 nitrogen and oxygen atoms in total. The van der Waals surface area contributed by atoms with E-state index in [1.807, 2.05) is 29.6 Å². The van der Waals surface area contributed by atoms with E-state index >= 15 is 0 Å². The van der Waals surface area contributed by atoms with E-state index in [1.165, 1.54) is 35.1 Å². The van der Waals surface area contributed by atoms with Gasteiger partial charge >= 0.3 is 0 Å². The Labute approximate surface area is 168 Å². The fourth-order valence-electron chi connectivity index (χ4n) is 2.92. The van der Waals surface area contributed by atoms with Crippen LogP contribution in [0.2, 0.25) is 0 Å². The largest absolute Gasteiger partial charge is 0.331 e. The van der Waals surface area contributed by atoms with Gasteiger partial charge in [-0.25, -0.2) is 17.7 Å². The molecule has 1 aromatic heterocycles. The van der Waals surface area contributed by atoms with Crippen LogP contribution in [0.1, 0.15) is 0 Å². The molecule has 0 unspecified atom stereocenters. The first kappa shape index (κ1) is 18.6. The van der Waals surface area contributed by atoms with Gasteiger partial charge in [0.1, 0.15) is 0 Å². The van der Waals surface area contributed by atoms with Crippen LogP contribution in [0.15, 0.2) is 77.0 Å². The number of anilines is 2. The number of sulfonamides is 1. The minimum Gasteiger partial charge on any atom is -0.331 e. The zero-order chi connectivity index (χ0) is 19.7. The second kappa shape index (κ2) is 7.35. The third-order valence-corrected chi connectivity index (χ3v) is 7.05. The molecule has 4 rings (SSSR count). The molecule has 0 amide bonds. The van der Waals surface area contributed by atoms with Crippen LogP contribution in [0.3, 0.4) is 0 Å². The number of hydrogen-bond acceptors (Lipinski definition) is 5. The van der Waals surface area contributed by atoms with E-state index in [2.05, 4.69) is 28.5 Å². The molecule has 0 atom stereocenters. The molecule has 142 valence electrons. The monoisotopic (exact) mass is 409 g/mol. The predicted octanol–water partition coefficient (Wildman–Crippen LogP) is 4.96. The third kappa shape index (κ3) is 3.52. The van der Waals surface area contributed by atoms with Gasteiger partial charge in [-0.05, 0) is 23.6 Å². The summed E-state index contributed by atoms with van der Waals surface area (Å²) in [6.45, 7) is 0. The molecule has 0 fully saturated rings. The average Bonchev–Trinajstić information content (AvgIpc) is 3.17. The van der Waals surface area contributed by atoms with Crippen molar-refractivity contribution in [2.75, 3.05) is 19.4 Å². The predicted molar refractivity (Wildman–Crippen MR) is 116 cm³/mol. The van der Waals surface area contributed by atoms with E-state index in [0.29, 0.717) is 0 Å². The van der Waals surface area contributed by atoms with Crippen LogP contribution in [0, 0.1) is 0 Å². The van der Waals surface area contributed by atoms with Crippen LogP contribution in [0.5, 0.6) is 0 Å². The zero-order valence-corrected chi connectivity index (χ0v) is 17.1. The first-order valence-electron chi connectivity index (χ1n) is 8.68. The maximum absolute atomic E-state index is 12.2. The van der Waals surface area contributed by atoms with Crippen molar-refractivity contribution in [3.05, 3.63) is 72.1 Å². The van der Waals surface area contributed by atoms with E-state index < -0.39 is 10.0 Å². The Hall–Kier alpha value is -2.74. The highest BCUT2D eigenvalue weighted by atomic mass is 32.2. The summed E-state index contributed by atoms with van der Waals surface area (Å²) in [4.78, 5) is 4.93. The second-order valence-electron chi connectivity index (χ2n) is 6.50. The van der Waals surface area contributed by atoms with Gasteiger partial charge in [0.2, 0.25) is 10.0 Å². The highest BCUT2D eigenvalue weighted by Crippen LogP contribution is 2.31. The van der Waals surface area contributed by atoms with Gasteiger partial charge in [0.15, 0.2) is 5.13 Å². The molecule has 7 heteroatoms. The first-order chi connectivity index (χ1) is 13.4. The number of thiazole rings is 1. The fraction of sp³-hybridized carbons (Fsp3) is 0.0952. The molecule has 0 aliphatic rings. The lowest BCUT2D eigenvalue weighted by molar-refractivity contribution is 0.521. The summed E-state index contributed by atoms with van der Waals surface area (Å²) >= 11 is 1.51. The molecule has 1 N–H and O–H groups in total. The summed E-state index contributed by atoms with van der Waals surface area (Å²) in [5, 5.41) is 8.45. The highest BCUT2D eigenvalue weighted by molar-refractivity contribution is 7.89. The van der Waals surface area contributed by atoms with Gasteiger partial charge in [-0.1, -0.05) is 48.5 Å². The SMILES string of the molecule is CN(C)S(=O)(=O)c1ccc(-c2csc(Nc3cccc4ccccc34)n2)cc1. The van der Waals surface area contributed by atoms with Crippen molar-refractivity contribution in [1.82, 2.24) is 9.29 Å². The molecule has 0 bridgehead atoms. The molecule has 0 spiro atoms. The van der Waals surface area contributed by atoms with Gasteiger partial charge < -0.3 is 5.32 Å². The smallest absolute Gasteiger partial charge is 0.242 e. The van der Waals surface area contributed by atoms with Crippen molar-refractivity contribution in [3.63, 3.8) is 0 Å². The summed E-state index contributed by atoms with van der Waals surface area (Å²) < 4.78 is 25.6. The van der Waals surface area contributed by atoms with E-state index in [0.717, 1.165) is 27.5 Å². The maximum Gasteiger partial charge on any atom is 0.242 e. The maximum atomic E-state index is 12.2. The number of hydrogen-bond donors (Lipinski definition) is 1. The third-order valence-electron chi connectivity index (χ3n) is 4.46. The lowest BCUT2D eigenvalue weighted by atomic mass is 10.1. The summed E-state index contributed by atoms with van der Waals surface area (Å²) in [6.07, 6.45) is 0. The van der Waals surface area contributed by atoms with Crippen molar-refractivity contribution in [3.8, 4) is 11.3 Å². The van der Waals surface area contributed by atoms with Crippen molar-refractivity contribution < 1.29 is 8.42 Å². The van der Waals surface area contributed by atoms with Gasteiger partial charge in [0, 0.05) is 36.1 Å². The second-order valence-corrected chi connectivity index (χ2v) is 9.51. The van der Waals surface area contributed by atoms with E-state index in [9.17, 15) is 8.42 Å². The Morgan fingerprint density at radius 1 is 0.929 bits per heavy atom. The Morgan fingerprint density at radius 3 is 2.39 bits per heavy atom. The van der Waals surface area contributed by atoms with Crippen LogP contribution in [-0.2, 0) is 10.0 Å². The average molecular weight is 410 g/mol. The number of fused-ring (bicyclic) bond motifs is 1. The van der Waals surface area contributed by atoms with Gasteiger partial charge in [-0.2, -0.15) is 0 Å². The Balaban J connectivity index is 1.59. The number of aromatic nitrogens is 1. The summed E-state index contributed by atoms with van der Waals surface area (Å²) in [7, 11) is -0.383. The number of nitrogens with zero attached hydrogens (tertiary/aromatic N) is 2. The zero-order valence-electron chi connectivity index (χ0n) is 15.5. The Kier molecular flexibility index (Phi) is 4.89. The van der Waals surface area contributed by atoms with Crippen LogP contribution >= 0.6 is 11.3 Å². The lowest BCUT2D eigenvalue weighted by Crippen LogP contribution is -2.22. The van der Waals surface area contributed by atoms with Crippen LogP contribution in [-0.4, -0.2) is 31.8 Å². The molecule has 28 heavy (non-hydrogen) atoms. The normalized spacial score (nSPS) is 11.8. The molecule has 4 aromatic rings. The first-order valence-corrected chi connectivity index (χ1v) is 11.0. The minimum atomic E-state index is -3.43. The standard InChI is InChI=1S/C21H19N3O2S2/c1-24(2)28(25,26)17-12-10-16(11-13-17)20-14-27-21(23-20)22-19-9-5-7-15-6-3-4-8-18(15)19/h3-14H,1-2H3,(H,22,23). The minimum absolute atomic E-state index is 0.269. The van der Waals surface area contributed by atoms with Crippen molar-refractivity contribution in [2.24, 2.45) is 0 Å². The molecule has 0 saturated heterocycles. The summed E-state index contributed by atoms with van der Waals surface area (Å²) in [6, 6.07) is 21.1. The van der Waals surface area contributed by atoms with Crippen molar-refractivity contribution >= 4 is 43.0 Å². The van der Waals surface area contributed by atoms with Gasteiger partial charge in [-0.3, -0.25) is 0 Å². The van der Waals surface area contributed by atoms with Gasteiger partial charge in [-0.15, -0.1) is 11.3 Å². The Bertz CT molecular complexity index is 1220. The van der Waals surface area contributed by atoms with Crippen molar-refractivity contribution in [1.29, 1.82) is 0 Å². The number of benzene rings is 3. The molecule has 0 aliphatic carbocycles. The van der Waals surface area contributed by atoms with Crippen LogP contribution in [0.25, 0.3) is 22.0 Å². The number of nitrogens with one attached hydrogen (secondary N) is 1. The number of rotatable bonds is 5. The van der Waals surface area contributed by atoms with Crippen molar-refractivity contribution in [2.45, 2.75) is 4.90 Å². The molecule has 3 aromatic carbocycles.